The van der Waals surface area contributed by atoms with E-state index in [9.17, 15) is 4.79 Å². The molecule has 9 heavy (non-hydrogen) atoms. The van der Waals surface area contributed by atoms with E-state index in [0.29, 0.717) is 13.0 Å². The van der Waals surface area contributed by atoms with Crippen LogP contribution in [0.15, 0.2) is 0 Å². The summed E-state index contributed by atoms with van der Waals surface area (Å²) in [5, 5.41) is 0. The maximum absolute atomic E-state index is 10.7. The van der Waals surface area contributed by atoms with E-state index >= 15 is 0 Å². The molecule has 0 aromatic carbocycles. The molecule has 0 heterocycles. The predicted molar refractivity (Wildman–Crippen MR) is 37.0 cm³/mol. The SMILES string of the molecule is CCCC(=O)CNNC. The zero-order chi connectivity index (χ0) is 7.11. The van der Waals surface area contributed by atoms with Crippen LogP contribution < -0.4 is 10.9 Å². The summed E-state index contributed by atoms with van der Waals surface area (Å²) in [6, 6.07) is 0. The van der Waals surface area contributed by atoms with Crippen molar-refractivity contribution in [3.8, 4) is 0 Å². The number of Topliss-reactive ketones (excluding diaryl/α,β-unsaturated/α-hetero) is 1. The summed E-state index contributed by atoms with van der Waals surface area (Å²) in [4.78, 5) is 10.7. The van der Waals surface area contributed by atoms with Crippen molar-refractivity contribution < 1.29 is 4.79 Å². The molecule has 0 atom stereocenters. The number of carbonyl (C=O) groups is 1. The highest BCUT2D eigenvalue weighted by Gasteiger charge is 1.95. The van der Waals surface area contributed by atoms with Gasteiger partial charge >= 0.3 is 0 Å². The van der Waals surface area contributed by atoms with Crippen LogP contribution in [0.1, 0.15) is 19.8 Å². The third kappa shape index (κ3) is 5.46. The van der Waals surface area contributed by atoms with Gasteiger partial charge in [-0.3, -0.25) is 15.6 Å². The normalized spacial score (nSPS) is 9.56. The van der Waals surface area contributed by atoms with Gasteiger partial charge < -0.3 is 0 Å². The molecular formula is C6H14N2O. The molecule has 3 heteroatoms. The van der Waals surface area contributed by atoms with Gasteiger partial charge in [0.15, 0.2) is 0 Å². The van der Waals surface area contributed by atoms with Gasteiger partial charge in [0.2, 0.25) is 0 Å². The van der Waals surface area contributed by atoms with E-state index in [4.69, 9.17) is 0 Å². The van der Waals surface area contributed by atoms with Gasteiger partial charge in [-0.15, -0.1) is 0 Å². The summed E-state index contributed by atoms with van der Waals surface area (Å²) in [6.07, 6.45) is 1.61. The van der Waals surface area contributed by atoms with Crippen LogP contribution >= 0.6 is 0 Å². The number of carbonyl (C=O) groups excluding carboxylic acids is 1. The summed E-state index contributed by atoms with van der Waals surface area (Å²) >= 11 is 0. The minimum atomic E-state index is 0.256. The topological polar surface area (TPSA) is 41.1 Å². The van der Waals surface area contributed by atoms with Crippen molar-refractivity contribution >= 4 is 5.78 Å². The monoisotopic (exact) mass is 130 g/mol. The molecule has 0 radical (unpaired) electrons. The Morgan fingerprint density at radius 1 is 1.56 bits per heavy atom. The van der Waals surface area contributed by atoms with Gasteiger partial charge in [-0.2, -0.15) is 0 Å². The summed E-state index contributed by atoms with van der Waals surface area (Å²) < 4.78 is 0. The van der Waals surface area contributed by atoms with Gasteiger partial charge in [0, 0.05) is 6.42 Å². The second-order valence-electron chi connectivity index (χ2n) is 1.89. The van der Waals surface area contributed by atoms with Crippen LogP contribution in [0.5, 0.6) is 0 Å². The highest BCUT2D eigenvalue weighted by Crippen LogP contribution is 1.85. The smallest absolute Gasteiger partial charge is 0.148 e. The first kappa shape index (κ1) is 8.59. The molecule has 54 valence electrons. The minimum Gasteiger partial charge on any atom is -0.298 e. The molecule has 0 aliphatic carbocycles. The zero-order valence-electron chi connectivity index (χ0n) is 6.03. The molecule has 0 aliphatic rings. The van der Waals surface area contributed by atoms with Crippen molar-refractivity contribution in [2.75, 3.05) is 13.6 Å². The number of hydrogen-bond donors (Lipinski definition) is 2. The number of ketones is 1. The summed E-state index contributed by atoms with van der Waals surface area (Å²) in [5.74, 6) is 0.256. The summed E-state index contributed by atoms with van der Waals surface area (Å²) in [7, 11) is 1.75. The Bertz CT molecular complexity index is 83.1. The van der Waals surface area contributed by atoms with Crippen molar-refractivity contribution in [3.05, 3.63) is 0 Å². The van der Waals surface area contributed by atoms with E-state index in [1.807, 2.05) is 6.92 Å². The summed E-state index contributed by atoms with van der Waals surface area (Å²) in [5.41, 5.74) is 5.42. The van der Waals surface area contributed by atoms with E-state index in [0.717, 1.165) is 6.42 Å². The van der Waals surface area contributed by atoms with Gasteiger partial charge in [-0.1, -0.05) is 6.92 Å². The Balaban J connectivity index is 3.06. The van der Waals surface area contributed by atoms with Crippen molar-refractivity contribution in [2.45, 2.75) is 19.8 Å². The lowest BCUT2D eigenvalue weighted by atomic mass is 10.2. The fraction of sp³-hybridized carbons (Fsp3) is 0.833. The molecule has 2 N–H and O–H groups in total. The molecule has 0 aliphatic heterocycles. The number of hydrogen-bond acceptors (Lipinski definition) is 3. The van der Waals surface area contributed by atoms with Crippen molar-refractivity contribution in [1.82, 2.24) is 10.9 Å². The fourth-order valence-corrected chi connectivity index (χ4v) is 0.554. The molecule has 0 spiro atoms. The Morgan fingerprint density at radius 3 is 2.67 bits per heavy atom. The molecule has 0 unspecified atom stereocenters. The van der Waals surface area contributed by atoms with E-state index in [-0.39, 0.29) is 5.78 Å². The number of nitrogens with one attached hydrogen (secondary N) is 2. The Labute approximate surface area is 55.8 Å². The maximum Gasteiger partial charge on any atom is 0.148 e. The lowest BCUT2D eigenvalue weighted by molar-refractivity contribution is -0.118. The third-order valence-corrected chi connectivity index (χ3v) is 0.991. The Hall–Kier alpha value is -0.410. The van der Waals surface area contributed by atoms with Gasteiger partial charge in [0.1, 0.15) is 5.78 Å². The van der Waals surface area contributed by atoms with Crippen LogP contribution in [-0.2, 0) is 4.79 Å². The molecule has 0 aromatic heterocycles. The highest BCUT2D eigenvalue weighted by atomic mass is 16.1. The first-order valence-corrected chi connectivity index (χ1v) is 3.22. The van der Waals surface area contributed by atoms with Crippen LogP contribution in [-0.4, -0.2) is 19.4 Å². The molecule has 0 bridgehead atoms. The number of hydrazine groups is 1. The maximum atomic E-state index is 10.7. The molecular weight excluding hydrogens is 116 g/mol. The van der Waals surface area contributed by atoms with Gasteiger partial charge in [-0.05, 0) is 13.5 Å². The molecule has 0 aromatic rings. The van der Waals surface area contributed by atoms with Crippen molar-refractivity contribution in [3.63, 3.8) is 0 Å². The first-order chi connectivity index (χ1) is 4.31. The van der Waals surface area contributed by atoms with Crippen LogP contribution in [0.4, 0.5) is 0 Å². The molecule has 0 amide bonds. The van der Waals surface area contributed by atoms with E-state index in [2.05, 4.69) is 10.9 Å². The summed E-state index contributed by atoms with van der Waals surface area (Å²) in [6.45, 7) is 2.43. The predicted octanol–water partition coefficient (Wildman–Crippen LogP) is 0.0796. The standard InChI is InChI=1S/C6H14N2O/c1-3-4-6(9)5-8-7-2/h7-8H,3-5H2,1-2H3. The lowest BCUT2D eigenvalue weighted by Crippen LogP contribution is -2.32. The average Bonchev–Trinajstić information content (AvgIpc) is 1.85. The van der Waals surface area contributed by atoms with Crippen LogP contribution in [0.3, 0.4) is 0 Å². The second-order valence-corrected chi connectivity index (χ2v) is 1.89. The minimum absolute atomic E-state index is 0.256. The Kier molecular flexibility index (Phi) is 5.46. The molecule has 0 saturated carbocycles. The quantitative estimate of drug-likeness (QED) is 0.518. The van der Waals surface area contributed by atoms with Crippen LogP contribution in [0.2, 0.25) is 0 Å². The highest BCUT2D eigenvalue weighted by molar-refractivity contribution is 5.80. The van der Waals surface area contributed by atoms with Crippen molar-refractivity contribution in [2.24, 2.45) is 0 Å². The zero-order valence-corrected chi connectivity index (χ0v) is 6.03. The second kappa shape index (κ2) is 5.72. The van der Waals surface area contributed by atoms with E-state index in [1.54, 1.807) is 7.05 Å². The van der Waals surface area contributed by atoms with E-state index in [1.165, 1.54) is 0 Å². The van der Waals surface area contributed by atoms with Gasteiger partial charge in [0.25, 0.3) is 0 Å². The molecule has 0 rings (SSSR count). The first-order valence-electron chi connectivity index (χ1n) is 3.22. The van der Waals surface area contributed by atoms with Gasteiger partial charge in [0.05, 0.1) is 6.54 Å². The van der Waals surface area contributed by atoms with Crippen molar-refractivity contribution in [1.29, 1.82) is 0 Å². The Morgan fingerprint density at radius 2 is 2.22 bits per heavy atom. The molecule has 3 nitrogen and oxygen atoms in total. The third-order valence-electron chi connectivity index (χ3n) is 0.991. The molecule has 0 fully saturated rings. The van der Waals surface area contributed by atoms with Crippen LogP contribution in [0.25, 0.3) is 0 Å². The number of rotatable bonds is 5. The fourth-order valence-electron chi connectivity index (χ4n) is 0.554. The van der Waals surface area contributed by atoms with Gasteiger partial charge in [-0.25, -0.2) is 0 Å². The average molecular weight is 130 g/mol. The van der Waals surface area contributed by atoms with Crippen LogP contribution in [0, 0.1) is 0 Å². The lowest BCUT2D eigenvalue weighted by Gasteiger charge is -1.98. The largest absolute Gasteiger partial charge is 0.298 e. The molecule has 0 saturated heterocycles. The van der Waals surface area contributed by atoms with E-state index < -0.39 is 0 Å².